The Morgan fingerprint density at radius 2 is 1.73 bits per heavy atom. The summed E-state index contributed by atoms with van der Waals surface area (Å²) in [6.07, 6.45) is 2.85. The molecule has 2 N–H and O–H groups in total. The van der Waals surface area contributed by atoms with E-state index in [0.29, 0.717) is 5.13 Å². The highest BCUT2D eigenvalue weighted by Gasteiger charge is 2.19. The predicted molar refractivity (Wildman–Crippen MR) is 109 cm³/mol. The van der Waals surface area contributed by atoms with E-state index in [1.54, 1.807) is 11.3 Å². The summed E-state index contributed by atoms with van der Waals surface area (Å²) in [6, 6.07) is 16.4. The number of anilines is 2. The smallest absolute Gasteiger partial charge is 0.180 e. The van der Waals surface area contributed by atoms with Gasteiger partial charge in [-0.1, -0.05) is 36.4 Å². The van der Waals surface area contributed by atoms with Crippen molar-refractivity contribution in [2.75, 3.05) is 43.4 Å². The number of nitrogens with zero attached hydrogens (tertiary/aromatic N) is 4. The molecule has 0 bridgehead atoms. The van der Waals surface area contributed by atoms with Crippen molar-refractivity contribution in [3.63, 3.8) is 0 Å². The van der Waals surface area contributed by atoms with Gasteiger partial charge in [0, 0.05) is 49.4 Å². The standard InChI is InChI=1S/C20H23N5S/c21-20-23-19(16-6-2-1-3-7-16)17(26-20)9-11-24-12-14-25(15-13-24)18-8-4-5-10-22-18/h1-8,10H,9,11-15H2,(H2,21,23). The van der Waals surface area contributed by atoms with Crippen molar-refractivity contribution in [3.8, 4) is 11.3 Å². The topological polar surface area (TPSA) is 58.3 Å². The molecule has 3 heterocycles. The number of hydrogen-bond acceptors (Lipinski definition) is 6. The van der Waals surface area contributed by atoms with Crippen LogP contribution in [0.2, 0.25) is 0 Å². The summed E-state index contributed by atoms with van der Waals surface area (Å²) in [4.78, 5) is 15.2. The number of benzene rings is 1. The zero-order valence-electron chi connectivity index (χ0n) is 14.7. The maximum absolute atomic E-state index is 5.99. The SMILES string of the molecule is Nc1nc(-c2ccccc2)c(CCN2CCN(c3ccccn3)CC2)s1. The molecule has 5 nitrogen and oxygen atoms in total. The molecule has 0 atom stereocenters. The summed E-state index contributed by atoms with van der Waals surface area (Å²) in [6.45, 7) is 5.20. The normalized spacial score (nSPS) is 15.3. The molecule has 0 amide bonds. The molecular weight excluding hydrogens is 342 g/mol. The van der Waals surface area contributed by atoms with Crippen LogP contribution in [0.3, 0.4) is 0 Å². The first kappa shape index (κ1) is 17.0. The Kier molecular flexibility index (Phi) is 5.13. The fourth-order valence-electron chi connectivity index (χ4n) is 3.36. The van der Waals surface area contributed by atoms with Gasteiger partial charge in [-0.05, 0) is 18.6 Å². The first-order valence-corrected chi connectivity index (χ1v) is 9.80. The van der Waals surface area contributed by atoms with Crippen molar-refractivity contribution >= 4 is 22.3 Å². The number of nitrogen functional groups attached to an aromatic ring is 1. The van der Waals surface area contributed by atoms with Crippen molar-refractivity contribution in [1.82, 2.24) is 14.9 Å². The summed E-state index contributed by atoms with van der Waals surface area (Å²) >= 11 is 1.61. The number of thiazole rings is 1. The van der Waals surface area contributed by atoms with Crippen molar-refractivity contribution in [2.24, 2.45) is 0 Å². The van der Waals surface area contributed by atoms with E-state index < -0.39 is 0 Å². The van der Waals surface area contributed by atoms with E-state index in [2.05, 4.69) is 38.0 Å². The minimum Gasteiger partial charge on any atom is -0.375 e. The van der Waals surface area contributed by atoms with Gasteiger partial charge in [0.05, 0.1) is 5.69 Å². The minimum atomic E-state index is 0.652. The predicted octanol–water partition coefficient (Wildman–Crippen LogP) is 3.15. The van der Waals surface area contributed by atoms with Crippen molar-refractivity contribution in [2.45, 2.75) is 6.42 Å². The van der Waals surface area contributed by atoms with Crippen LogP contribution in [0.15, 0.2) is 54.7 Å². The van der Waals surface area contributed by atoms with Gasteiger partial charge in [0.25, 0.3) is 0 Å². The molecule has 0 aliphatic carbocycles. The average Bonchev–Trinajstić information content (AvgIpc) is 3.09. The van der Waals surface area contributed by atoms with Gasteiger partial charge >= 0.3 is 0 Å². The molecule has 1 aliphatic heterocycles. The lowest BCUT2D eigenvalue weighted by atomic mass is 10.1. The number of nitrogens with two attached hydrogens (primary N) is 1. The lowest BCUT2D eigenvalue weighted by Crippen LogP contribution is -2.47. The fraction of sp³-hybridized carbons (Fsp3) is 0.300. The molecule has 6 heteroatoms. The third-order valence-electron chi connectivity index (χ3n) is 4.76. The molecule has 1 fully saturated rings. The second-order valence-electron chi connectivity index (χ2n) is 6.46. The lowest BCUT2D eigenvalue weighted by molar-refractivity contribution is 0.261. The van der Waals surface area contributed by atoms with Gasteiger partial charge in [-0.2, -0.15) is 0 Å². The number of piperazine rings is 1. The van der Waals surface area contributed by atoms with Crippen LogP contribution in [0.1, 0.15) is 4.88 Å². The number of pyridine rings is 1. The van der Waals surface area contributed by atoms with Gasteiger partial charge in [-0.25, -0.2) is 9.97 Å². The number of rotatable bonds is 5. The summed E-state index contributed by atoms with van der Waals surface area (Å²) in [5.74, 6) is 1.08. The van der Waals surface area contributed by atoms with Crippen molar-refractivity contribution in [3.05, 3.63) is 59.6 Å². The van der Waals surface area contributed by atoms with Gasteiger partial charge in [-0.15, -0.1) is 11.3 Å². The molecule has 4 rings (SSSR count). The summed E-state index contributed by atoms with van der Waals surface area (Å²) in [5, 5.41) is 0.652. The van der Waals surface area contributed by atoms with Crippen LogP contribution in [-0.4, -0.2) is 47.6 Å². The highest BCUT2D eigenvalue weighted by molar-refractivity contribution is 7.15. The molecule has 1 saturated heterocycles. The van der Waals surface area contributed by atoms with Crippen molar-refractivity contribution in [1.29, 1.82) is 0 Å². The molecule has 0 unspecified atom stereocenters. The van der Waals surface area contributed by atoms with Crippen LogP contribution in [0.5, 0.6) is 0 Å². The van der Waals surface area contributed by atoms with E-state index in [4.69, 9.17) is 5.73 Å². The van der Waals surface area contributed by atoms with Gasteiger partial charge < -0.3 is 10.6 Å². The fourth-order valence-corrected chi connectivity index (χ4v) is 4.20. The van der Waals surface area contributed by atoms with Crippen LogP contribution in [0.25, 0.3) is 11.3 Å². The van der Waals surface area contributed by atoms with E-state index in [0.717, 1.165) is 56.2 Å². The zero-order valence-corrected chi connectivity index (χ0v) is 15.5. The van der Waals surface area contributed by atoms with E-state index in [9.17, 15) is 0 Å². The Morgan fingerprint density at radius 3 is 2.46 bits per heavy atom. The Labute approximate surface area is 158 Å². The maximum Gasteiger partial charge on any atom is 0.180 e. The molecule has 3 aromatic rings. The maximum atomic E-state index is 5.99. The van der Waals surface area contributed by atoms with E-state index in [1.807, 2.05) is 36.5 Å². The zero-order chi connectivity index (χ0) is 17.8. The second kappa shape index (κ2) is 7.85. The molecular formula is C20H23N5S. The quantitative estimate of drug-likeness (QED) is 0.753. The third kappa shape index (κ3) is 3.86. The Morgan fingerprint density at radius 1 is 0.962 bits per heavy atom. The van der Waals surface area contributed by atoms with E-state index >= 15 is 0 Å². The molecule has 0 radical (unpaired) electrons. The van der Waals surface area contributed by atoms with E-state index in [-0.39, 0.29) is 0 Å². The molecule has 2 aromatic heterocycles. The Balaban J connectivity index is 1.36. The summed E-state index contributed by atoms with van der Waals surface area (Å²) in [7, 11) is 0. The highest BCUT2D eigenvalue weighted by atomic mass is 32.1. The average molecular weight is 366 g/mol. The molecule has 1 aromatic carbocycles. The van der Waals surface area contributed by atoms with Gasteiger partial charge in [0.15, 0.2) is 5.13 Å². The Bertz CT molecular complexity index is 826. The van der Waals surface area contributed by atoms with Crippen LogP contribution in [-0.2, 0) is 6.42 Å². The Hall–Kier alpha value is -2.44. The third-order valence-corrected chi connectivity index (χ3v) is 5.71. The second-order valence-corrected chi connectivity index (χ2v) is 7.57. The number of aromatic nitrogens is 2. The lowest BCUT2D eigenvalue weighted by Gasteiger charge is -2.35. The van der Waals surface area contributed by atoms with Crippen molar-refractivity contribution < 1.29 is 0 Å². The van der Waals surface area contributed by atoms with Crippen LogP contribution in [0.4, 0.5) is 10.9 Å². The van der Waals surface area contributed by atoms with Crippen LogP contribution >= 0.6 is 11.3 Å². The molecule has 0 saturated carbocycles. The van der Waals surface area contributed by atoms with Crippen LogP contribution in [0, 0.1) is 0 Å². The number of hydrogen-bond donors (Lipinski definition) is 1. The summed E-state index contributed by atoms with van der Waals surface area (Å²) in [5.41, 5.74) is 8.18. The largest absolute Gasteiger partial charge is 0.375 e. The molecule has 1 aliphatic rings. The molecule has 0 spiro atoms. The van der Waals surface area contributed by atoms with Gasteiger partial charge in [0.1, 0.15) is 5.82 Å². The monoisotopic (exact) mass is 365 g/mol. The van der Waals surface area contributed by atoms with Crippen LogP contribution < -0.4 is 10.6 Å². The van der Waals surface area contributed by atoms with Gasteiger partial charge in [0.2, 0.25) is 0 Å². The molecule has 26 heavy (non-hydrogen) atoms. The first-order chi connectivity index (χ1) is 12.8. The molecule has 134 valence electrons. The first-order valence-electron chi connectivity index (χ1n) is 8.98. The highest BCUT2D eigenvalue weighted by Crippen LogP contribution is 2.30. The van der Waals surface area contributed by atoms with Gasteiger partial charge in [-0.3, -0.25) is 4.90 Å². The summed E-state index contributed by atoms with van der Waals surface area (Å²) < 4.78 is 0. The minimum absolute atomic E-state index is 0.652. The van der Waals surface area contributed by atoms with E-state index in [1.165, 1.54) is 4.88 Å².